The maximum Gasteiger partial charge on any atom is 0.321 e. The lowest BCUT2D eigenvalue weighted by atomic mass is 10.4. The summed E-state index contributed by atoms with van der Waals surface area (Å²) in [5.74, 6) is 0.333. The van der Waals surface area contributed by atoms with Gasteiger partial charge in [-0.25, -0.2) is 4.98 Å². The molecule has 0 aliphatic heterocycles. The van der Waals surface area contributed by atoms with Crippen LogP contribution < -0.4 is 4.74 Å². The second-order valence-corrected chi connectivity index (χ2v) is 2.84. The van der Waals surface area contributed by atoms with Gasteiger partial charge in [0, 0.05) is 12.4 Å². The summed E-state index contributed by atoms with van der Waals surface area (Å²) < 4.78 is 4.86. The molecule has 0 aromatic carbocycles. The zero-order valence-electron chi connectivity index (χ0n) is 7.75. The Morgan fingerprint density at radius 1 is 1.20 bits per heavy atom. The third-order valence-electron chi connectivity index (χ3n) is 1.56. The lowest BCUT2D eigenvalue weighted by Gasteiger charge is -2.01. The highest BCUT2D eigenvalue weighted by Gasteiger charge is 2.08. The van der Waals surface area contributed by atoms with Gasteiger partial charge in [-0.2, -0.15) is 15.0 Å². The second kappa shape index (κ2) is 4.14. The van der Waals surface area contributed by atoms with Crippen LogP contribution >= 0.6 is 11.6 Å². The number of halogens is 1. The summed E-state index contributed by atoms with van der Waals surface area (Å²) in [6.07, 6.45) is 4.63. The van der Waals surface area contributed by atoms with Gasteiger partial charge < -0.3 is 4.74 Å². The van der Waals surface area contributed by atoms with E-state index in [-0.39, 0.29) is 11.3 Å². The van der Waals surface area contributed by atoms with Gasteiger partial charge in [0.1, 0.15) is 5.69 Å². The van der Waals surface area contributed by atoms with Crippen LogP contribution in [0.5, 0.6) is 6.01 Å². The van der Waals surface area contributed by atoms with E-state index < -0.39 is 0 Å². The van der Waals surface area contributed by atoms with Crippen LogP contribution in [0.2, 0.25) is 5.28 Å². The van der Waals surface area contributed by atoms with Crippen molar-refractivity contribution in [1.82, 2.24) is 24.9 Å². The van der Waals surface area contributed by atoms with E-state index in [0.717, 1.165) is 0 Å². The highest BCUT2D eigenvalue weighted by molar-refractivity contribution is 6.28. The molecular weight excluding hydrogens is 218 g/mol. The van der Waals surface area contributed by atoms with Gasteiger partial charge in [0.25, 0.3) is 0 Å². The van der Waals surface area contributed by atoms with Crippen LogP contribution in [-0.4, -0.2) is 32.0 Å². The molecule has 0 atom stereocenters. The molecule has 7 heteroatoms. The first-order valence-electron chi connectivity index (χ1n) is 4.01. The van der Waals surface area contributed by atoms with Crippen molar-refractivity contribution in [3.63, 3.8) is 0 Å². The molecule has 0 fully saturated rings. The zero-order valence-corrected chi connectivity index (χ0v) is 8.51. The lowest BCUT2D eigenvalue weighted by molar-refractivity contribution is 0.378. The molecule has 2 aromatic rings. The van der Waals surface area contributed by atoms with E-state index in [9.17, 15) is 0 Å². The quantitative estimate of drug-likeness (QED) is 0.756. The largest absolute Gasteiger partial charge is 0.467 e. The Bertz CT molecular complexity index is 464. The van der Waals surface area contributed by atoms with Crippen molar-refractivity contribution in [2.45, 2.75) is 0 Å². The van der Waals surface area contributed by atoms with Gasteiger partial charge in [-0.15, -0.1) is 0 Å². The fraction of sp³-hybridized carbons (Fsp3) is 0.125. The van der Waals surface area contributed by atoms with E-state index in [1.165, 1.54) is 13.3 Å². The summed E-state index contributed by atoms with van der Waals surface area (Å²) in [7, 11) is 1.45. The molecule has 15 heavy (non-hydrogen) atoms. The molecule has 2 heterocycles. The molecule has 6 nitrogen and oxygen atoms in total. The van der Waals surface area contributed by atoms with Crippen molar-refractivity contribution >= 4 is 11.6 Å². The number of nitrogens with zero attached hydrogens (tertiary/aromatic N) is 5. The number of hydrogen-bond acceptors (Lipinski definition) is 6. The number of hydrogen-bond donors (Lipinski definition) is 0. The van der Waals surface area contributed by atoms with Crippen molar-refractivity contribution in [2.75, 3.05) is 7.11 Å². The molecule has 0 spiro atoms. The average molecular weight is 224 g/mol. The van der Waals surface area contributed by atoms with Crippen LogP contribution in [0.4, 0.5) is 0 Å². The van der Waals surface area contributed by atoms with Gasteiger partial charge in [0.2, 0.25) is 5.28 Å². The normalized spacial score (nSPS) is 10.0. The van der Waals surface area contributed by atoms with Crippen molar-refractivity contribution in [2.24, 2.45) is 0 Å². The fourth-order valence-electron chi connectivity index (χ4n) is 0.952. The first kappa shape index (κ1) is 9.72. The van der Waals surface area contributed by atoms with E-state index >= 15 is 0 Å². The molecule has 2 aromatic heterocycles. The number of rotatable bonds is 2. The van der Waals surface area contributed by atoms with Gasteiger partial charge in [0.05, 0.1) is 13.3 Å². The van der Waals surface area contributed by atoms with Crippen molar-refractivity contribution in [3.05, 3.63) is 23.9 Å². The maximum atomic E-state index is 5.69. The number of aromatic nitrogens is 5. The minimum Gasteiger partial charge on any atom is -0.467 e. The van der Waals surface area contributed by atoms with E-state index in [2.05, 4.69) is 24.9 Å². The van der Waals surface area contributed by atoms with Gasteiger partial charge >= 0.3 is 6.01 Å². The molecule has 0 saturated carbocycles. The molecule has 0 bridgehead atoms. The van der Waals surface area contributed by atoms with Crippen LogP contribution in [0.15, 0.2) is 18.6 Å². The average Bonchev–Trinajstić information content (AvgIpc) is 2.29. The molecule has 0 aliphatic carbocycles. The zero-order chi connectivity index (χ0) is 10.7. The SMILES string of the molecule is COc1nc(Cl)nc(-c2cnccn2)n1. The first-order valence-corrected chi connectivity index (χ1v) is 4.39. The molecule has 0 amide bonds. The summed E-state index contributed by atoms with van der Waals surface area (Å²) in [4.78, 5) is 19.6. The summed E-state index contributed by atoms with van der Waals surface area (Å²) in [6, 6.07) is 0.149. The van der Waals surface area contributed by atoms with Crippen LogP contribution in [0.25, 0.3) is 11.5 Å². The third-order valence-corrected chi connectivity index (χ3v) is 1.73. The van der Waals surface area contributed by atoms with Crippen molar-refractivity contribution in [1.29, 1.82) is 0 Å². The molecule has 0 saturated heterocycles. The first-order chi connectivity index (χ1) is 7.29. The highest BCUT2D eigenvalue weighted by atomic mass is 35.5. The van der Waals surface area contributed by atoms with Crippen LogP contribution in [0.1, 0.15) is 0 Å². The minimum absolute atomic E-state index is 0.0579. The van der Waals surface area contributed by atoms with Crippen LogP contribution in [0.3, 0.4) is 0 Å². The number of methoxy groups -OCH3 is 1. The third kappa shape index (κ3) is 2.16. The van der Waals surface area contributed by atoms with Crippen molar-refractivity contribution in [3.8, 4) is 17.5 Å². The Balaban J connectivity index is 2.49. The Morgan fingerprint density at radius 2 is 2.07 bits per heavy atom. The fourth-order valence-corrected chi connectivity index (χ4v) is 1.10. The van der Waals surface area contributed by atoms with Gasteiger partial charge in [-0.1, -0.05) is 0 Å². The summed E-state index contributed by atoms with van der Waals surface area (Å²) in [5.41, 5.74) is 0.514. The molecule has 0 unspecified atom stereocenters. The maximum absolute atomic E-state index is 5.69. The molecule has 0 radical (unpaired) electrons. The Labute approximate surface area is 90.4 Å². The topological polar surface area (TPSA) is 73.7 Å². The van der Waals surface area contributed by atoms with Crippen LogP contribution in [0, 0.1) is 0 Å². The van der Waals surface area contributed by atoms with Gasteiger partial charge in [0.15, 0.2) is 5.82 Å². The summed E-state index contributed by atoms with van der Waals surface area (Å²) >= 11 is 5.69. The van der Waals surface area contributed by atoms with E-state index in [0.29, 0.717) is 11.5 Å². The van der Waals surface area contributed by atoms with Gasteiger partial charge in [-0.05, 0) is 11.6 Å². The Hall–Kier alpha value is -1.82. The predicted molar refractivity (Wildman–Crippen MR) is 52.4 cm³/mol. The Kier molecular flexibility index (Phi) is 2.68. The van der Waals surface area contributed by atoms with E-state index in [4.69, 9.17) is 16.3 Å². The highest BCUT2D eigenvalue weighted by Crippen LogP contribution is 2.15. The Morgan fingerprint density at radius 3 is 2.73 bits per heavy atom. The summed E-state index contributed by atoms with van der Waals surface area (Å²) in [5, 5.41) is 0.0579. The molecular formula is C8H6ClN5O. The molecule has 0 aliphatic rings. The standard InChI is InChI=1S/C8H6ClN5O/c1-15-8-13-6(12-7(9)14-8)5-4-10-2-3-11-5/h2-4H,1H3. The monoisotopic (exact) mass is 223 g/mol. The minimum atomic E-state index is 0.0579. The van der Waals surface area contributed by atoms with Crippen LogP contribution in [-0.2, 0) is 0 Å². The molecule has 2 rings (SSSR count). The van der Waals surface area contributed by atoms with E-state index in [1.54, 1.807) is 12.4 Å². The predicted octanol–water partition coefficient (Wildman–Crippen LogP) is 0.991. The van der Waals surface area contributed by atoms with Crippen molar-refractivity contribution < 1.29 is 4.74 Å². The number of ether oxygens (including phenoxy) is 1. The second-order valence-electron chi connectivity index (χ2n) is 2.51. The lowest BCUT2D eigenvalue weighted by Crippen LogP contribution is -1.99. The van der Waals surface area contributed by atoms with E-state index in [1.807, 2.05) is 0 Å². The van der Waals surface area contributed by atoms with Gasteiger partial charge in [-0.3, -0.25) is 4.98 Å². The molecule has 0 N–H and O–H groups in total. The smallest absolute Gasteiger partial charge is 0.321 e. The summed E-state index contributed by atoms with van der Waals surface area (Å²) in [6.45, 7) is 0. The molecule has 76 valence electrons.